The molecule has 8 heteroatoms. The van der Waals surface area contributed by atoms with Crippen molar-refractivity contribution in [1.82, 2.24) is 14.8 Å². The molecule has 0 atom stereocenters. The van der Waals surface area contributed by atoms with Crippen molar-refractivity contribution in [2.24, 2.45) is 0 Å². The second kappa shape index (κ2) is 13.8. The number of carbonyl (C=O) groups is 1. The topological polar surface area (TPSA) is 122 Å². The summed E-state index contributed by atoms with van der Waals surface area (Å²) >= 11 is 0. The molecule has 0 aliphatic rings. The number of hydrogen-bond donors (Lipinski definition) is 3. The average molecular weight is 638 g/mol. The van der Waals surface area contributed by atoms with Crippen LogP contribution in [0, 0.1) is 11.3 Å². The van der Waals surface area contributed by atoms with E-state index >= 15 is 0 Å². The molecule has 2 heterocycles. The van der Waals surface area contributed by atoms with Crippen LogP contribution >= 0.6 is 0 Å². The first kappa shape index (κ1) is 30.7. The molecule has 0 saturated carbocycles. The largest absolute Gasteiger partial charge is 0.384 e. The fourth-order valence-corrected chi connectivity index (χ4v) is 6.05. The Morgan fingerprint density at radius 2 is 1.24 bits per heavy atom. The average Bonchev–Trinajstić information content (AvgIpc) is 3.44. The van der Waals surface area contributed by atoms with E-state index < -0.39 is 6.03 Å². The minimum atomic E-state index is -0.445. The molecule has 2 aromatic heterocycles. The minimum absolute atomic E-state index is 0.328. The number of para-hydroxylation sites is 1. The Morgan fingerprint density at radius 3 is 1.90 bits per heavy atom. The predicted octanol–water partition coefficient (Wildman–Crippen LogP) is 9.09. The molecule has 236 valence electrons. The van der Waals surface area contributed by atoms with Gasteiger partial charge < -0.3 is 15.6 Å². The molecule has 7 rings (SSSR count). The van der Waals surface area contributed by atoms with Gasteiger partial charge in [0.2, 0.25) is 0 Å². The van der Waals surface area contributed by atoms with Crippen molar-refractivity contribution in [1.29, 1.82) is 5.26 Å². The first-order chi connectivity index (χ1) is 24.1. The number of hydrogen-bond acceptors (Lipinski definition) is 5. The van der Waals surface area contributed by atoms with E-state index in [1.165, 1.54) is 0 Å². The summed E-state index contributed by atoms with van der Waals surface area (Å²) in [5.74, 6) is 0.717. The SMILES string of the molecule is N#Cc1c(-c2ccccc2)c(-c2ccccc2)n(Cc2ccccc2-c2ccccc2NC(=O)Nc2ccc(-c3ccccc3)nn2)c1N. The molecule has 4 N–H and O–H groups in total. The summed E-state index contributed by atoms with van der Waals surface area (Å²) in [4.78, 5) is 13.2. The fourth-order valence-electron chi connectivity index (χ4n) is 6.05. The summed E-state index contributed by atoms with van der Waals surface area (Å²) in [7, 11) is 0. The quantitative estimate of drug-likeness (QED) is 0.153. The number of nitrogen functional groups attached to an aromatic ring is 1. The van der Waals surface area contributed by atoms with Gasteiger partial charge in [0.15, 0.2) is 5.82 Å². The third-order valence-corrected chi connectivity index (χ3v) is 8.31. The smallest absolute Gasteiger partial charge is 0.324 e. The maximum Gasteiger partial charge on any atom is 0.324 e. The molecule has 5 aromatic carbocycles. The van der Waals surface area contributed by atoms with Crippen LogP contribution in [0.1, 0.15) is 11.1 Å². The molecule has 2 amide bonds. The summed E-state index contributed by atoms with van der Waals surface area (Å²) in [5.41, 5.74) is 15.7. The zero-order valence-electron chi connectivity index (χ0n) is 26.4. The van der Waals surface area contributed by atoms with E-state index in [-0.39, 0.29) is 0 Å². The first-order valence-corrected chi connectivity index (χ1v) is 15.8. The highest BCUT2D eigenvalue weighted by Crippen LogP contribution is 2.42. The number of nitriles is 1. The van der Waals surface area contributed by atoms with Crippen LogP contribution in [0.2, 0.25) is 0 Å². The molecule has 0 bridgehead atoms. The van der Waals surface area contributed by atoms with Crippen LogP contribution in [0.15, 0.2) is 152 Å². The standard InChI is InChI=1S/C41H31N7O/c42-26-34-38(29-16-6-2-7-17-29)39(30-18-8-3-9-19-30)48(40(34)43)27-31-20-10-11-21-32(31)33-22-12-13-23-36(33)44-41(49)45-37-25-24-35(46-47-37)28-14-4-1-5-15-28/h1-25H,27,43H2,(H2,44,45,47,49). The van der Waals surface area contributed by atoms with Gasteiger partial charge in [-0.05, 0) is 40.5 Å². The molecular weight excluding hydrogens is 606 g/mol. The van der Waals surface area contributed by atoms with E-state index in [0.29, 0.717) is 35.1 Å². The van der Waals surface area contributed by atoms with Gasteiger partial charge in [0.1, 0.15) is 17.5 Å². The van der Waals surface area contributed by atoms with Gasteiger partial charge >= 0.3 is 6.03 Å². The van der Waals surface area contributed by atoms with E-state index in [9.17, 15) is 10.1 Å². The van der Waals surface area contributed by atoms with Gasteiger partial charge in [-0.2, -0.15) is 5.26 Å². The lowest BCUT2D eigenvalue weighted by molar-refractivity contribution is 0.262. The summed E-state index contributed by atoms with van der Waals surface area (Å²) in [6, 6.07) is 50.7. The third-order valence-electron chi connectivity index (χ3n) is 8.31. The lowest BCUT2D eigenvalue weighted by Crippen LogP contribution is -2.20. The predicted molar refractivity (Wildman–Crippen MR) is 196 cm³/mol. The van der Waals surface area contributed by atoms with Crippen molar-refractivity contribution in [3.8, 4) is 50.8 Å². The van der Waals surface area contributed by atoms with Gasteiger partial charge in [0, 0.05) is 16.7 Å². The van der Waals surface area contributed by atoms with Crippen molar-refractivity contribution in [2.75, 3.05) is 16.4 Å². The Hall–Kier alpha value is -6.98. The first-order valence-electron chi connectivity index (χ1n) is 15.8. The number of rotatable bonds is 8. The van der Waals surface area contributed by atoms with E-state index in [4.69, 9.17) is 5.73 Å². The lowest BCUT2D eigenvalue weighted by Gasteiger charge is -2.18. The summed E-state index contributed by atoms with van der Waals surface area (Å²) < 4.78 is 2.01. The number of carbonyl (C=O) groups excluding carboxylic acids is 1. The van der Waals surface area contributed by atoms with Crippen molar-refractivity contribution < 1.29 is 4.79 Å². The maximum atomic E-state index is 13.2. The highest BCUT2D eigenvalue weighted by atomic mass is 16.2. The second-order valence-corrected chi connectivity index (χ2v) is 11.4. The molecular formula is C41H31N7O. The van der Waals surface area contributed by atoms with Crippen molar-refractivity contribution in [2.45, 2.75) is 6.54 Å². The third kappa shape index (κ3) is 6.37. The van der Waals surface area contributed by atoms with Crippen LogP contribution in [-0.2, 0) is 6.54 Å². The number of nitrogens with zero attached hydrogens (tertiary/aromatic N) is 4. The van der Waals surface area contributed by atoms with Gasteiger partial charge in [-0.3, -0.25) is 5.32 Å². The van der Waals surface area contributed by atoms with Crippen LogP contribution < -0.4 is 16.4 Å². The highest BCUT2D eigenvalue weighted by molar-refractivity contribution is 6.02. The Bertz CT molecular complexity index is 2280. The number of anilines is 3. The van der Waals surface area contributed by atoms with Crippen LogP contribution in [-0.4, -0.2) is 20.8 Å². The summed E-state index contributed by atoms with van der Waals surface area (Å²) in [6.07, 6.45) is 0. The van der Waals surface area contributed by atoms with Crippen LogP contribution in [0.3, 0.4) is 0 Å². The molecule has 8 nitrogen and oxygen atoms in total. The van der Waals surface area contributed by atoms with E-state index in [2.05, 4.69) is 26.9 Å². The zero-order valence-corrected chi connectivity index (χ0v) is 26.4. The van der Waals surface area contributed by atoms with Gasteiger partial charge in [0.25, 0.3) is 0 Å². The number of urea groups is 1. The van der Waals surface area contributed by atoms with Gasteiger partial charge in [-0.15, -0.1) is 10.2 Å². The number of aromatic nitrogens is 3. The number of nitrogens with two attached hydrogens (primary N) is 1. The van der Waals surface area contributed by atoms with Crippen LogP contribution in [0.4, 0.5) is 22.1 Å². The Balaban J connectivity index is 1.22. The molecule has 0 unspecified atom stereocenters. The van der Waals surface area contributed by atoms with Crippen molar-refractivity contribution >= 4 is 23.4 Å². The Morgan fingerprint density at radius 1 is 0.653 bits per heavy atom. The van der Waals surface area contributed by atoms with Crippen molar-refractivity contribution in [3.05, 3.63) is 163 Å². The van der Waals surface area contributed by atoms with E-state index in [1.807, 2.05) is 150 Å². The van der Waals surface area contributed by atoms with Gasteiger partial charge in [-0.25, -0.2) is 4.79 Å². The molecule has 0 aliphatic heterocycles. The zero-order chi connectivity index (χ0) is 33.6. The molecule has 0 aliphatic carbocycles. The fraction of sp³-hybridized carbons (Fsp3) is 0.0244. The number of benzene rings is 5. The monoisotopic (exact) mass is 637 g/mol. The van der Waals surface area contributed by atoms with Gasteiger partial charge in [-0.1, -0.05) is 133 Å². The highest BCUT2D eigenvalue weighted by Gasteiger charge is 2.24. The minimum Gasteiger partial charge on any atom is -0.384 e. The lowest BCUT2D eigenvalue weighted by atomic mass is 9.97. The second-order valence-electron chi connectivity index (χ2n) is 11.4. The Kier molecular flexibility index (Phi) is 8.63. The van der Waals surface area contributed by atoms with Crippen molar-refractivity contribution in [3.63, 3.8) is 0 Å². The number of amides is 2. The van der Waals surface area contributed by atoms with E-state index in [1.54, 1.807) is 6.07 Å². The molecule has 0 fully saturated rings. The van der Waals surface area contributed by atoms with Gasteiger partial charge in [0.05, 0.1) is 23.6 Å². The molecule has 7 aromatic rings. The van der Waals surface area contributed by atoms with Crippen LogP contribution in [0.5, 0.6) is 0 Å². The molecule has 0 radical (unpaired) electrons. The van der Waals surface area contributed by atoms with Crippen LogP contribution in [0.25, 0.3) is 44.8 Å². The summed E-state index contributed by atoms with van der Waals surface area (Å²) in [5, 5.41) is 24.6. The normalized spacial score (nSPS) is 10.7. The molecule has 0 spiro atoms. The Labute approximate surface area is 284 Å². The molecule has 0 saturated heterocycles. The molecule has 49 heavy (non-hydrogen) atoms. The van der Waals surface area contributed by atoms with E-state index in [0.717, 1.165) is 44.6 Å². The summed E-state index contributed by atoms with van der Waals surface area (Å²) in [6.45, 7) is 0.387. The number of nitrogens with one attached hydrogen (secondary N) is 2. The maximum absolute atomic E-state index is 13.2.